The maximum Gasteiger partial charge on any atom is 0.189 e. The van der Waals surface area contributed by atoms with E-state index in [4.69, 9.17) is 16.7 Å². The van der Waals surface area contributed by atoms with E-state index in [1.807, 2.05) is 0 Å². The van der Waals surface area contributed by atoms with Gasteiger partial charge >= 0.3 is 0 Å². The molecule has 4 heteroatoms. The van der Waals surface area contributed by atoms with Crippen LogP contribution in [0, 0.1) is 0 Å². The highest BCUT2D eigenvalue weighted by atomic mass is 35.5. The van der Waals surface area contributed by atoms with E-state index in [0.717, 1.165) is 11.6 Å². The second-order valence-corrected chi connectivity index (χ2v) is 4.81. The molecule has 0 unspecified atom stereocenters. The Morgan fingerprint density at radius 1 is 1.10 bits per heavy atom. The molecule has 0 aliphatic rings. The van der Waals surface area contributed by atoms with E-state index in [2.05, 4.69) is 0 Å². The van der Waals surface area contributed by atoms with Crippen LogP contribution in [0.4, 0.5) is 0 Å². The van der Waals surface area contributed by atoms with Gasteiger partial charge in [0.15, 0.2) is 5.78 Å². The summed E-state index contributed by atoms with van der Waals surface area (Å²) in [7, 11) is 0. The summed E-state index contributed by atoms with van der Waals surface area (Å²) in [5.41, 5.74) is 1.20. The van der Waals surface area contributed by atoms with Gasteiger partial charge in [0.05, 0.1) is 0 Å². The molecule has 0 saturated carbocycles. The lowest BCUT2D eigenvalue weighted by Gasteiger charge is -1.97. The van der Waals surface area contributed by atoms with Gasteiger partial charge in [-0.25, -0.2) is 0 Å². The van der Waals surface area contributed by atoms with Crippen LogP contribution in [-0.2, 0) is 0 Å². The molecule has 0 atom stereocenters. The number of aromatic hydroxyl groups is 1. The third-order valence-electron chi connectivity index (χ3n) is 2.73. The van der Waals surface area contributed by atoms with Gasteiger partial charge in [-0.3, -0.25) is 4.79 Å². The highest BCUT2D eigenvalue weighted by Crippen LogP contribution is 2.13. The van der Waals surface area contributed by atoms with Crippen molar-refractivity contribution in [3.8, 4) is 5.75 Å². The van der Waals surface area contributed by atoms with Gasteiger partial charge in [-0.2, -0.15) is 0 Å². The molecule has 0 fully saturated rings. The number of halogens is 1. The number of phenols is 1. The van der Waals surface area contributed by atoms with Crippen LogP contribution in [0.2, 0.25) is 5.02 Å². The van der Waals surface area contributed by atoms with Crippen molar-refractivity contribution in [3.63, 3.8) is 0 Å². The van der Waals surface area contributed by atoms with E-state index in [1.54, 1.807) is 36.4 Å². The zero-order valence-corrected chi connectivity index (χ0v) is 11.8. The number of hydrogen-bond donors (Lipinski definition) is 2. The van der Waals surface area contributed by atoms with Crippen molar-refractivity contribution >= 4 is 23.5 Å². The van der Waals surface area contributed by atoms with Crippen molar-refractivity contribution in [1.82, 2.24) is 0 Å². The van der Waals surface area contributed by atoms with Gasteiger partial charge < -0.3 is 10.2 Å². The summed E-state index contributed by atoms with van der Waals surface area (Å²) >= 11 is 5.81. The monoisotopic (exact) mass is 300 g/mol. The van der Waals surface area contributed by atoms with Crippen molar-refractivity contribution in [3.05, 3.63) is 82.6 Å². The lowest BCUT2D eigenvalue weighted by atomic mass is 10.1. The minimum absolute atomic E-state index is 0.159. The van der Waals surface area contributed by atoms with Crippen LogP contribution in [0.15, 0.2) is 66.4 Å². The van der Waals surface area contributed by atoms with Crippen molar-refractivity contribution < 1.29 is 15.0 Å². The first kappa shape index (κ1) is 14.9. The van der Waals surface area contributed by atoms with Gasteiger partial charge in [-0.1, -0.05) is 41.9 Å². The number of carbonyl (C=O) groups excluding carboxylic acids is 1. The topological polar surface area (TPSA) is 57.5 Å². The van der Waals surface area contributed by atoms with Crippen molar-refractivity contribution in [2.45, 2.75) is 0 Å². The molecule has 21 heavy (non-hydrogen) atoms. The summed E-state index contributed by atoms with van der Waals surface area (Å²) < 4.78 is 0. The number of benzene rings is 2. The molecular weight excluding hydrogens is 288 g/mol. The molecule has 0 radical (unpaired) electrons. The first-order valence-corrected chi connectivity index (χ1v) is 6.60. The second kappa shape index (κ2) is 6.77. The number of carbonyl (C=O) groups is 1. The third-order valence-corrected chi connectivity index (χ3v) is 2.96. The molecule has 2 rings (SSSR count). The molecule has 0 aliphatic carbocycles. The summed E-state index contributed by atoms with van der Waals surface area (Å²) in [4.78, 5) is 11.9. The fraction of sp³-hybridized carbons (Fsp3) is 0. The van der Waals surface area contributed by atoms with E-state index in [-0.39, 0.29) is 17.3 Å². The van der Waals surface area contributed by atoms with Crippen LogP contribution >= 0.6 is 11.6 Å². The Hall–Kier alpha value is -2.52. The Morgan fingerprint density at radius 3 is 2.48 bits per heavy atom. The average molecular weight is 301 g/mol. The minimum atomic E-state index is -0.328. The van der Waals surface area contributed by atoms with E-state index in [0.29, 0.717) is 10.6 Å². The predicted octanol–water partition coefficient (Wildman–Crippen LogP) is 4.38. The largest absolute Gasteiger partial charge is 0.508 e. The molecule has 2 aromatic rings. The van der Waals surface area contributed by atoms with Crippen molar-refractivity contribution in [1.29, 1.82) is 0 Å². The number of rotatable bonds is 4. The Labute approximate surface area is 127 Å². The van der Waals surface area contributed by atoms with E-state index in [1.165, 1.54) is 24.3 Å². The van der Waals surface area contributed by atoms with E-state index in [9.17, 15) is 9.90 Å². The smallest absolute Gasteiger partial charge is 0.189 e. The predicted molar refractivity (Wildman–Crippen MR) is 83.6 cm³/mol. The molecule has 0 heterocycles. The normalized spacial score (nSPS) is 11.8. The average Bonchev–Trinajstić information content (AvgIpc) is 2.46. The van der Waals surface area contributed by atoms with Crippen LogP contribution in [0.5, 0.6) is 5.75 Å². The number of aliphatic hydroxyl groups excluding tert-OH is 1. The molecule has 2 aromatic carbocycles. The Kier molecular flexibility index (Phi) is 4.80. The highest BCUT2D eigenvalue weighted by molar-refractivity contribution is 6.31. The Balaban J connectivity index is 2.10. The first-order chi connectivity index (χ1) is 10.0. The number of allylic oxidation sites excluding steroid dienone is 2. The summed E-state index contributed by atoms with van der Waals surface area (Å²) in [5, 5.41) is 19.4. The molecule has 0 amide bonds. The van der Waals surface area contributed by atoms with E-state index < -0.39 is 0 Å². The summed E-state index contributed by atoms with van der Waals surface area (Å²) in [6.45, 7) is 0. The molecule has 3 nitrogen and oxygen atoms in total. The number of phenolic OH excluding ortho intramolecular Hbond substituents is 1. The summed E-state index contributed by atoms with van der Waals surface area (Å²) in [6, 6.07) is 13.0. The third kappa shape index (κ3) is 4.51. The molecule has 0 aliphatic heterocycles. The summed E-state index contributed by atoms with van der Waals surface area (Å²) in [6.07, 6.45) is 4.17. The fourth-order valence-corrected chi connectivity index (χ4v) is 1.86. The van der Waals surface area contributed by atoms with Crippen LogP contribution in [0.25, 0.3) is 6.08 Å². The summed E-state index contributed by atoms with van der Waals surface area (Å²) in [5.74, 6) is -0.318. The van der Waals surface area contributed by atoms with Crippen LogP contribution in [0.3, 0.4) is 0 Å². The van der Waals surface area contributed by atoms with Crippen molar-refractivity contribution in [2.75, 3.05) is 0 Å². The minimum Gasteiger partial charge on any atom is -0.508 e. The number of hydrogen-bond acceptors (Lipinski definition) is 3. The van der Waals surface area contributed by atoms with Crippen LogP contribution in [0.1, 0.15) is 15.9 Å². The van der Waals surface area contributed by atoms with Gasteiger partial charge in [-0.05, 0) is 35.9 Å². The lowest BCUT2D eigenvalue weighted by Crippen LogP contribution is -1.95. The molecule has 2 N–H and O–H groups in total. The Bertz CT molecular complexity index is 700. The second-order valence-electron chi connectivity index (χ2n) is 4.37. The SMILES string of the molecule is O=C(/C=C(O)\C=C\c1ccc(O)cc1)c1cccc(Cl)c1. The maximum atomic E-state index is 11.9. The van der Waals surface area contributed by atoms with Gasteiger partial charge in [0, 0.05) is 16.7 Å². The first-order valence-electron chi connectivity index (χ1n) is 6.22. The van der Waals surface area contributed by atoms with Crippen molar-refractivity contribution in [2.24, 2.45) is 0 Å². The zero-order valence-electron chi connectivity index (χ0n) is 11.0. The zero-order chi connectivity index (χ0) is 15.2. The molecule has 0 aromatic heterocycles. The molecular formula is C17H13ClO3. The lowest BCUT2D eigenvalue weighted by molar-refractivity contribution is 0.104. The highest BCUT2D eigenvalue weighted by Gasteiger charge is 2.03. The van der Waals surface area contributed by atoms with Gasteiger partial charge in [0.2, 0.25) is 0 Å². The maximum absolute atomic E-state index is 11.9. The van der Waals surface area contributed by atoms with Crippen LogP contribution < -0.4 is 0 Å². The van der Waals surface area contributed by atoms with Crippen LogP contribution in [-0.4, -0.2) is 16.0 Å². The Morgan fingerprint density at radius 2 is 1.81 bits per heavy atom. The molecule has 106 valence electrons. The quantitative estimate of drug-likeness (QED) is 0.381. The standard InChI is InChI=1S/C17H13ClO3/c18-14-3-1-2-13(10-14)17(21)11-16(20)9-6-12-4-7-15(19)8-5-12/h1-11,19-20H/b9-6+,16-11+. The molecule has 0 saturated heterocycles. The number of aliphatic hydroxyl groups is 1. The fourth-order valence-electron chi connectivity index (χ4n) is 1.67. The van der Waals surface area contributed by atoms with E-state index >= 15 is 0 Å². The number of ketones is 1. The van der Waals surface area contributed by atoms with Gasteiger partial charge in [0.25, 0.3) is 0 Å². The molecule has 0 bridgehead atoms. The van der Waals surface area contributed by atoms with Gasteiger partial charge in [0.1, 0.15) is 11.5 Å². The van der Waals surface area contributed by atoms with Gasteiger partial charge in [-0.15, -0.1) is 0 Å². The molecule has 0 spiro atoms.